The van der Waals surface area contributed by atoms with E-state index in [1.54, 1.807) is 36.4 Å². The van der Waals surface area contributed by atoms with Crippen molar-refractivity contribution in [3.63, 3.8) is 0 Å². The van der Waals surface area contributed by atoms with Gasteiger partial charge in [-0.05, 0) is 49.2 Å². The van der Waals surface area contributed by atoms with Gasteiger partial charge in [0.05, 0.1) is 23.0 Å². The number of ether oxygens (including phenoxy) is 1. The third-order valence-electron chi connectivity index (χ3n) is 4.25. The van der Waals surface area contributed by atoms with E-state index in [-0.39, 0.29) is 11.7 Å². The van der Waals surface area contributed by atoms with E-state index >= 15 is 0 Å². The van der Waals surface area contributed by atoms with Gasteiger partial charge in [0.1, 0.15) is 12.4 Å². The fraction of sp³-hybridized carbons (Fsp3) is 0.316. The lowest BCUT2D eigenvalue weighted by atomic mass is 10.2. The molecule has 0 unspecified atom stereocenters. The highest BCUT2D eigenvalue weighted by molar-refractivity contribution is 7.92. The van der Waals surface area contributed by atoms with Gasteiger partial charge < -0.3 is 10.1 Å². The zero-order valence-electron chi connectivity index (χ0n) is 14.7. The number of amides is 1. The predicted molar refractivity (Wildman–Crippen MR) is 106 cm³/mol. The van der Waals surface area contributed by atoms with Crippen LogP contribution in [0.2, 0.25) is 5.02 Å². The molecule has 0 bridgehead atoms. The molecule has 2 aromatic rings. The van der Waals surface area contributed by atoms with Crippen LogP contribution in [-0.2, 0) is 10.0 Å². The van der Waals surface area contributed by atoms with E-state index in [0.717, 1.165) is 6.42 Å². The summed E-state index contributed by atoms with van der Waals surface area (Å²) in [6.45, 7) is 1.10. The Kier molecular flexibility index (Phi) is 6.23. The second-order valence-electron chi connectivity index (χ2n) is 6.18. The first-order valence-corrected chi connectivity index (χ1v) is 10.7. The minimum absolute atomic E-state index is 0.167. The van der Waals surface area contributed by atoms with Crippen LogP contribution in [0.15, 0.2) is 48.5 Å². The molecule has 1 saturated heterocycles. The largest absolute Gasteiger partial charge is 0.490 e. The van der Waals surface area contributed by atoms with Crippen molar-refractivity contribution >= 4 is 33.2 Å². The third-order valence-corrected chi connectivity index (χ3v) is 6.43. The van der Waals surface area contributed by atoms with E-state index in [0.29, 0.717) is 48.1 Å². The van der Waals surface area contributed by atoms with Crippen LogP contribution in [0.1, 0.15) is 23.2 Å². The molecular formula is C19H21ClN2O4S. The fourth-order valence-electron chi connectivity index (χ4n) is 2.85. The number of carbonyl (C=O) groups is 1. The van der Waals surface area contributed by atoms with Crippen molar-refractivity contribution in [2.24, 2.45) is 0 Å². The summed E-state index contributed by atoms with van der Waals surface area (Å²) in [4.78, 5) is 12.2. The topological polar surface area (TPSA) is 75.7 Å². The first-order valence-electron chi connectivity index (χ1n) is 8.73. The van der Waals surface area contributed by atoms with Crippen LogP contribution in [0, 0.1) is 0 Å². The molecule has 8 heteroatoms. The number of rotatable bonds is 6. The molecule has 1 fully saturated rings. The molecule has 0 atom stereocenters. The molecule has 144 valence electrons. The van der Waals surface area contributed by atoms with E-state index < -0.39 is 10.0 Å². The van der Waals surface area contributed by atoms with Gasteiger partial charge in [-0.15, -0.1) is 0 Å². The van der Waals surface area contributed by atoms with Gasteiger partial charge in [0.15, 0.2) is 0 Å². The second kappa shape index (κ2) is 8.63. The Bertz CT molecular complexity index is 900. The zero-order valence-corrected chi connectivity index (χ0v) is 16.3. The van der Waals surface area contributed by atoms with Crippen LogP contribution in [-0.4, -0.2) is 39.8 Å². The van der Waals surface area contributed by atoms with E-state index in [1.807, 2.05) is 12.1 Å². The van der Waals surface area contributed by atoms with Crippen molar-refractivity contribution in [1.29, 1.82) is 0 Å². The number of halogens is 1. The molecule has 0 aliphatic carbocycles. The van der Waals surface area contributed by atoms with E-state index in [9.17, 15) is 13.2 Å². The number of hydrogen-bond donors (Lipinski definition) is 1. The summed E-state index contributed by atoms with van der Waals surface area (Å²) in [5.74, 6) is 0.493. The molecule has 27 heavy (non-hydrogen) atoms. The Balaban J connectivity index is 1.52. The molecule has 0 aromatic heterocycles. The van der Waals surface area contributed by atoms with Gasteiger partial charge in [-0.1, -0.05) is 23.7 Å². The first kappa shape index (κ1) is 19.5. The Morgan fingerprint density at radius 1 is 1.11 bits per heavy atom. The molecule has 1 amide bonds. The number of nitrogens with zero attached hydrogens (tertiary/aromatic N) is 1. The highest BCUT2D eigenvalue weighted by Crippen LogP contribution is 2.24. The van der Waals surface area contributed by atoms with Crippen molar-refractivity contribution in [3.8, 4) is 5.75 Å². The minimum atomic E-state index is -3.25. The van der Waals surface area contributed by atoms with Crippen LogP contribution in [0.5, 0.6) is 5.75 Å². The molecule has 6 nitrogen and oxygen atoms in total. The lowest BCUT2D eigenvalue weighted by Crippen LogP contribution is -2.37. The Hall–Kier alpha value is -2.25. The first-order chi connectivity index (χ1) is 13.0. The highest BCUT2D eigenvalue weighted by atomic mass is 35.5. The Morgan fingerprint density at radius 3 is 2.56 bits per heavy atom. The molecule has 1 heterocycles. The van der Waals surface area contributed by atoms with E-state index in [2.05, 4.69) is 5.32 Å². The summed E-state index contributed by atoms with van der Waals surface area (Å²) in [5.41, 5.74) is 1.05. The maximum Gasteiger partial charge on any atom is 0.251 e. The summed E-state index contributed by atoms with van der Waals surface area (Å²) < 4.78 is 31.2. The normalized spacial score (nSPS) is 16.0. The molecule has 3 rings (SSSR count). The van der Waals surface area contributed by atoms with Gasteiger partial charge in [-0.3, -0.25) is 9.10 Å². The van der Waals surface area contributed by atoms with Gasteiger partial charge >= 0.3 is 0 Å². The van der Waals surface area contributed by atoms with Gasteiger partial charge in [-0.25, -0.2) is 8.42 Å². The molecule has 1 aliphatic rings. The van der Waals surface area contributed by atoms with Crippen LogP contribution < -0.4 is 14.4 Å². The summed E-state index contributed by atoms with van der Waals surface area (Å²) in [6, 6.07) is 13.7. The summed E-state index contributed by atoms with van der Waals surface area (Å²) in [6.07, 6.45) is 1.53. The minimum Gasteiger partial charge on any atom is -0.490 e. The van der Waals surface area contributed by atoms with Crippen LogP contribution in [0.4, 0.5) is 5.69 Å². The van der Waals surface area contributed by atoms with Crippen LogP contribution >= 0.6 is 11.6 Å². The van der Waals surface area contributed by atoms with Gasteiger partial charge in [0, 0.05) is 12.1 Å². The van der Waals surface area contributed by atoms with E-state index in [4.69, 9.17) is 16.3 Å². The number of nitrogens with one attached hydrogen (secondary N) is 1. The van der Waals surface area contributed by atoms with Crippen LogP contribution in [0.3, 0.4) is 0 Å². The molecule has 0 spiro atoms. The number of para-hydroxylation sites is 1. The predicted octanol–water partition coefficient (Wildman–Crippen LogP) is 3.08. The SMILES string of the molecule is O=C(NCCOc1ccccc1Cl)c1ccc(N2CCCCS2(=O)=O)cc1. The Morgan fingerprint density at radius 2 is 1.85 bits per heavy atom. The molecular weight excluding hydrogens is 388 g/mol. The zero-order chi connectivity index (χ0) is 19.3. The lowest BCUT2D eigenvalue weighted by molar-refractivity contribution is 0.0947. The number of sulfonamides is 1. The monoisotopic (exact) mass is 408 g/mol. The summed E-state index contributed by atoms with van der Waals surface area (Å²) in [5, 5.41) is 3.29. The van der Waals surface area contributed by atoms with Crippen molar-refractivity contribution < 1.29 is 17.9 Å². The van der Waals surface area contributed by atoms with Crippen molar-refractivity contribution in [2.75, 3.05) is 29.8 Å². The van der Waals surface area contributed by atoms with Crippen molar-refractivity contribution in [2.45, 2.75) is 12.8 Å². The van der Waals surface area contributed by atoms with Gasteiger partial charge in [-0.2, -0.15) is 0 Å². The van der Waals surface area contributed by atoms with E-state index in [1.165, 1.54) is 4.31 Å². The number of benzene rings is 2. The van der Waals surface area contributed by atoms with Crippen molar-refractivity contribution in [1.82, 2.24) is 5.32 Å². The van der Waals surface area contributed by atoms with Gasteiger partial charge in [0.25, 0.3) is 5.91 Å². The number of anilines is 1. The maximum atomic E-state index is 12.2. The average Bonchev–Trinajstić information content (AvgIpc) is 2.66. The maximum absolute atomic E-state index is 12.2. The molecule has 0 radical (unpaired) electrons. The Labute approximate surface area is 164 Å². The number of hydrogen-bond acceptors (Lipinski definition) is 4. The average molecular weight is 409 g/mol. The third kappa shape index (κ3) is 4.93. The number of carbonyl (C=O) groups excluding carboxylic acids is 1. The van der Waals surface area contributed by atoms with Gasteiger partial charge in [0.2, 0.25) is 10.0 Å². The quantitative estimate of drug-likeness (QED) is 0.745. The van der Waals surface area contributed by atoms with Crippen LogP contribution in [0.25, 0.3) is 0 Å². The second-order valence-corrected chi connectivity index (χ2v) is 8.60. The lowest BCUT2D eigenvalue weighted by Gasteiger charge is -2.28. The molecule has 2 aromatic carbocycles. The summed E-state index contributed by atoms with van der Waals surface area (Å²) >= 11 is 6.00. The molecule has 1 N–H and O–H groups in total. The summed E-state index contributed by atoms with van der Waals surface area (Å²) in [7, 11) is -3.25. The highest BCUT2D eigenvalue weighted by Gasteiger charge is 2.25. The molecule has 0 saturated carbocycles. The smallest absolute Gasteiger partial charge is 0.251 e. The molecule has 1 aliphatic heterocycles. The fourth-order valence-corrected chi connectivity index (χ4v) is 4.68. The van der Waals surface area contributed by atoms with Crippen molar-refractivity contribution in [3.05, 3.63) is 59.1 Å². The standard InChI is InChI=1S/C19H21ClN2O4S/c20-17-5-1-2-6-18(17)26-13-11-21-19(23)15-7-9-16(10-8-15)22-12-3-4-14-27(22,24)25/h1-2,5-10H,3-4,11-14H2,(H,21,23).